The molecular formula is C12H24N2. The first-order chi connectivity index (χ1) is 6.62. The highest BCUT2D eigenvalue weighted by Crippen LogP contribution is 2.36. The van der Waals surface area contributed by atoms with Gasteiger partial charge in [0, 0.05) is 25.2 Å². The lowest BCUT2D eigenvalue weighted by Gasteiger charge is -2.38. The van der Waals surface area contributed by atoms with Gasteiger partial charge in [-0.2, -0.15) is 0 Å². The Bertz CT molecular complexity index is 178. The third kappa shape index (κ3) is 2.71. The molecule has 82 valence electrons. The average molecular weight is 196 g/mol. The van der Waals surface area contributed by atoms with Crippen LogP contribution in [-0.4, -0.2) is 30.1 Å². The Morgan fingerprint density at radius 1 is 1.07 bits per heavy atom. The van der Waals surface area contributed by atoms with Crippen molar-refractivity contribution in [3.8, 4) is 0 Å². The molecule has 2 nitrogen and oxygen atoms in total. The number of nitrogens with two attached hydrogens (primary N) is 1. The second-order valence-electron chi connectivity index (χ2n) is 5.81. The van der Waals surface area contributed by atoms with Crippen molar-refractivity contribution in [3.63, 3.8) is 0 Å². The van der Waals surface area contributed by atoms with E-state index in [0.717, 1.165) is 18.4 Å². The van der Waals surface area contributed by atoms with Crippen molar-refractivity contribution in [2.24, 2.45) is 17.6 Å². The van der Waals surface area contributed by atoms with E-state index in [1.165, 1.54) is 38.8 Å². The first-order valence-electron chi connectivity index (χ1n) is 6.07. The summed E-state index contributed by atoms with van der Waals surface area (Å²) in [5, 5.41) is 0. The highest BCUT2D eigenvalue weighted by atomic mass is 15.2. The monoisotopic (exact) mass is 196 g/mol. The highest BCUT2D eigenvalue weighted by Gasteiger charge is 2.35. The average Bonchev–Trinajstić information content (AvgIpc) is 2.96. The fraction of sp³-hybridized carbons (Fsp3) is 1.00. The molecule has 2 aliphatic carbocycles. The lowest BCUT2D eigenvalue weighted by molar-refractivity contribution is 0.114. The standard InChI is InChI=1S/C12H24N2/c1-12(2,9-13)14(7-10-3-4-10)8-11-5-6-11/h10-11H,3-9,13H2,1-2H3. The molecular weight excluding hydrogens is 172 g/mol. The van der Waals surface area contributed by atoms with Gasteiger partial charge in [0.2, 0.25) is 0 Å². The van der Waals surface area contributed by atoms with Gasteiger partial charge >= 0.3 is 0 Å². The van der Waals surface area contributed by atoms with E-state index in [4.69, 9.17) is 5.73 Å². The molecule has 0 bridgehead atoms. The molecule has 14 heavy (non-hydrogen) atoms. The Kier molecular flexibility index (Phi) is 2.85. The van der Waals surface area contributed by atoms with E-state index in [2.05, 4.69) is 18.7 Å². The number of nitrogens with zero attached hydrogens (tertiary/aromatic N) is 1. The van der Waals surface area contributed by atoms with Crippen LogP contribution in [0.5, 0.6) is 0 Å². The molecule has 2 heteroatoms. The molecule has 2 aliphatic rings. The maximum atomic E-state index is 5.86. The first-order valence-corrected chi connectivity index (χ1v) is 6.07. The molecule has 0 spiro atoms. The minimum absolute atomic E-state index is 0.213. The largest absolute Gasteiger partial charge is 0.329 e. The lowest BCUT2D eigenvalue weighted by atomic mass is 10.0. The van der Waals surface area contributed by atoms with Crippen LogP contribution >= 0.6 is 0 Å². The van der Waals surface area contributed by atoms with Gasteiger partial charge in [0.25, 0.3) is 0 Å². The van der Waals surface area contributed by atoms with Gasteiger partial charge in [-0.15, -0.1) is 0 Å². The molecule has 2 saturated carbocycles. The molecule has 0 heterocycles. The molecule has 2 rings (SSSR count). The van der Waals surface area contributed by atoms with Gasteiger partial charge in [-0.05, 0) is 51.4 Å². The Labute approximate surface area is 87.8 Å². The van der Waals surface area contributed by atoms with Gasteiger partial charge in [-0.3, -0.25) is 4.90 Å². The van der Waals surface area contributed by atoms with E-state index in [0.29, 0.717) is 0 Å². The van der Waals surface area contributed by atoms with Crippen LogP contribution in [0, 0.1) is 11.8 Å². The van der Waals surface area contributed by atoms with Crippen LogP contribution in [0.4, 0.5) is 0 Å². The Balaban J connectivity index is 1.88. The molecule has 0 radical (unpaired) electrons. The second kappa shape index (κ2) is 3.82. The normalized spacial score (nSPS) is 23.1. The summed E-state index contributed by atoms with van der Waals surface area (Å²) in [6, 6.07) is 0. The van der Waals surface area contributed by atoms with E-state index in [1.807, 2.05) is 0 Å². The SMILES string of the molecule is CC(C)(CN)N(CC1CC1)CC1CC1. The van der Waals surface area contributed by atoms with Crippen molar-refractivity contribution in [1.29, 1.82) is 0 Å². The smallest absolute Gasteiger partial charge is 0.0275 e. The highest BCUT2D eigenvalue weighted by molar-refractivity contribution is 4.90. The van der Waals surface area contributed by atoms with Crippen molar-refractivity contribution < 1.29 is 0 Å². The van der Waals surface area contributed by atoms with Crippen LogP contribution in [0.3, 0.4) is 0 Å². The van der Waals surface area contributed by atoms with E-state index < -0.39 is 0 Å². The second-order valence-corrected chi connectivity index (χ2v) is 5.81. The fourth-order valence-electron chi connectivity index (χ4n) is 1.92. The lowest BCUT2D eigenvalue weighted by Crippen LogP contribution is -2.50. The van der Waals surface area contributed by atoms with Crippen LogP contribution in [0.15, 0.2) is 0 Å². The molecule has 0 aliphatic heterocycles. The summed E-state index contributed by atoms with van der Waals surface area (Å²) in [5.74, 6) is 1.97. The molecule has 0 aromatic heterocycles. The van der Waals surface area contributed by atoms with Gasteiger partial charge in [-0.25, -0.2) is 0 Å². The predicted octanol–water partition coefficient (Wildman–Crippen LogP) is 1.85. The van der Waals surface area contributed by atoms with Crippen LogP contribution in [0.2, 0.25) is 0 Å². The minimum Gasteiger partial charge on any atom is -0.329 e. The zero-order valence-electron chi connectivity index (χ0n) is 9.63. The molecule has 0 amide bonds. The van der Waals surface area contributed by atoms with Gasteiger partial charge in [0.15, 0.2) is 0 Å². The summed E-state index contributed by atoms with van der Waals surface area (Å²) >= 11 is 0. The van der Waals surface area contributed by atoms with Crippen molar-refractivity contribution in [3.05, 3.63) is 0 Å². The van der Waals surface area contributed by atoms with Gasteiger partial charge in [0.05, 0.1) is 0 Å². The van der Waals surface area contributed by atoms with Crippen molar-refractivity contribution in [2.75, 3.05) is 19.6 Å². The Morgan fingerprint density at radius 3 is 1.79 bits per heavy atom. The van der Waals surface area contributed by atoms with Crippen LogP contribution in [0.1, 0.15) is 39.5 Å². The minimum atomic E-state index is 0.213. The van der Waals surface area contributed by atoms with Crippen molar-refractivity contribution >= 4 is 0 Å². The van der Waals surface area contributed by atoms with E-state index >= 15 is 0 Å². The third-order valence-electron chi connectivity index (χ3n) is 3.71. The van der Waals surface area contributed by atoms with Crippen molar-refractivity contribution in [2.45, 2.75) is 45.1 Å². The molecule has 2 N–H and O–H groups in total. The molecule has 2 fully saturated rings. The summed E-state index contributed by atoms with van der Waals surface area (Å²) in [7, 11) is 0. The molecule has 0 aromatic carbocycles. The quantitative estimate of drug-likeness (QED) is 0.702. The van der Waals surface area contributed by atoms with Crippen LogP contribution in [0.25, 0.3) is 0 Å². The predicted molar refractivity (Wildman–Crippen MR) is 60.2 cm³/mol. The molecule has 0 unspecified atom stereocenters. The maximum absolute atomic E-state index is 5.86. The number of hydrogen-bond donors (Lipinski definition) is 1. The molecule has 0 atom stereocenters. The Morgan fingerprint density at radius 2 is 1.50 bits per heavy atom. The van der Waals surface area contributed by atoms with Gasteiger partial charge in [-0.1, -0.05) is 0 Å². The van der Waals surface area contributed by atoms with Crippen LogP contribution in [-0.2, 0) is 0 Å². The topological polar surface area (TPSA) is 29.3 Å². The summed E-state index contributed by atoms with van der Waals surface area (Å²) in [5.41, 5.74) is 6.07. The third-order valence-corrected chi connectivity index (χ3v) is 3.71. The summed E-state index contributed by atoms with van der Waals surface area (Å²) in [6.07, 6.45) is 5.78. The number of hydrogen-bond acceptors (Lipinski definition) is 2. The van der Waals surface area contributed by atoms with Gasteiger partial charge in [0.1, 0.15) is 0 Å². The van der Waals surface area contributed by atoms with Crippen LogP contribution < -0.4 is 5.73 Å². The van der Waals surface area contributed by atoms with E-state index in [9.17, 15) is 0 Å². The zero-order valence-corrected chi connectivity index (χ0v) is 9.63. The molecule has 0 aromatic rings. The van der Waals surface area contributed by atoms with Gasteiger partial charge < -0.3 is 5.73 Å². The maximum Gasteiger partial charge on any atom is 0.0275 e. The summed E-state index contributed by atoms with van der Waals surface area (Å²) in [4.78, 5) is 2.64. The Hall–Kier alpha value is -0.0800. The van der Waals surface area contributed by atoms with Crippen molar-refractivity contribution in [1.82, 2.24) is 4.90 Å². The van der Waals surface area contributed by atoms with E-state index in [-0.39, 0.29) is 5.54 Å². The zero-order chi connectivity index (χ0) is 10.2. The summed E-state index contributed by atoms with van der Waals surface area (Å²) in [6.45, 7) is 7.95. The summed E-state index contributed by atoms with van der Waals surface area (Å²) < 4.78 is 0. The van der Waals surface area contributed by atoms with E-state index in [1.54, 1.807) is 0 Å². The first kappa shape index (κ1) is 10.4. The molecule has 0 saturated heterocycles. The number of rotatable bonds is 6. The fourth-order valence-corrected chi connectivity index (χ4v) is 1.92.